The van der Waals surface area contributed by atoms with Crippen LogP contribution in [0.15, 0.2) is 54.9 Å². The molecule has 3 fully saturated rings. The smallest absolute Gasteiger partial charge is 0.262 e. The molecule has 4 aromatic rings. The summed E-state index contributed by atoms with van der Waals surface area (Å²) in [6.07, 6.45) is 10.5. The molecule has 2 aliphatic carbocycles. The number of benzene rings is 2. The minimum Gasteiger partial charge on any atom is -0.295 e. The average Bonchev–Trinajstić information content (AvgIpc) is 3.70. The van der Waals surface area contributed by atoms with Crippen LogP contribution in [0.1, 0.15) is 88.9 Å². The summed E-state index contributed by atoms with van der Waals surface area (Å²) in [7, 11) is 0. The van der Waals surface area contributed by atoms with Gasteiger partial charge >= 0.3 is 0 Å². The lowest BCUT2D eigenvalue weighted by molar-refractivity contribution is -0.136. The molecule has 0 bridgehead atoms. The first-order valence-corrected chi connectivity index (χ1v) is 15.1. The summed E-state index contributed by atoms with van der Waals surface area (Å²) in [6, 6.07) is 12.7. The van der Waals surface area contributed by atoms with E-state index in [-0.39, 0.29) is 18.7 Å². The summed E-state index contributed by atoms with van der Waals surface area (Å²) < 4.78 is 2.14. The summed E-state index contributed by atoms with van der Waals surface area (Å²) in [5.41, 5.74) is 6.54. The number of nitrogens with one attached hydrogen (secondary N) is 1. The van der Waals surface area contributed by atoms with Crippen molar-refractivity contribution in [2.75, 3.05) is 0 Å². The maximum Gasteiger partial charge on any atom is 0.262 e. The Bertz CT molecular complexity index is 1840. The van der Waals surface area contributed by atoms with Crippen molar-refractivity contribution in [1.29, 1.82) is 0 Å². The van der Waals surface area contributed by atoms with E-state index in [2.05, 4.69) is 21.2 Å². The number of fused-ring (bicyclic) bond motifs is 2. The predicted octanol–water partition coefficient (Wildman–Crippen LogP) is 4.36. The monoisotopic (exact) mass is 574 g/mol. The van der Waals surface area contributed by atoms with Crippen LogP contribution in [0.4, 0.5) is 0 Å². The highest BCUT2D eigenvalue weighted by Gasteiger charge is 2.44. The summed E-state index contributed by atoms with van der Waals surface area (Å²) in [5, 5.41) is 7.28. The highest BCUT2D eigenvalue weighted by molar-refractivity contribution is 6.23. The highest BCUT2D eigenvalue weighted by atomic mass is 16.2. The molecule has 43 heavy (non-hydrogen) atoms. The van der Waals surface area contributed by atoms with Gasteiger partial charge in [0.1, 0.15) is 6.04 Å². The second kappa shape index (κ2) is 9.93. The van der Waals surface area contributed by atoms with Crippen molar-refractivity contribution in [2.45, 2.75) is 69.4 Å². The van der Waals surface area contributed by atoms with Crippen molar-refractivity contribution in [1.82, 2.24) is 30.0 Å². The van der Waals surface area contributed by atoms with Gasteiger partial charge in [0.25, 0.3) is 11.8 Å². The first-order valence-electron chi connectivity index (χ1n) is 15.1. The lowest BCUT2D eigenvalue weighted by Crippen LogP contribution is -2.54. The molecular weight excluding hydrogens is 544 g/mol. The topological polar surface area (TPSA) is 127 Å². The minimum absolute atomic E-state index is 0.108. The molecule has 10 nitrogen and oxygen atoms in total. The van der Waals surface area contributed by atoms with Crippen LogP contribution in [0.25, 0.3) is 22.3 Å². The Balaban J connectivity index is 0.923. The van der Waals surface area contributed by atoms with Crippen LogP contribution in [-0.4, -0.2) is 54.3 Å². The first kappa shape index (κ1) is 25.9. The molecule has 1 unspecified atom stereocenters. The van der Waals surface area contributed by atoms with Gasteiger partial charge in [-0.15, -0.1) is 0 Å². The number of rotatable bonds is 7. The third-order valence-electron chi connectivity index (χ3n) is 9.38. The number of carbonyl (C=O) groups excluding carboxylic acids is 4. The Kier molecular flexibility index (Phi) is 5.99. The fourth-order valence-corrected chi connectivity index (χ4v) is 6.73. The molecule has 4 aliphatic rings. The van der Waals surface area contributed by atoms with Gasteiger partial charge in [-0.3, -0.25) is 39.1 Å². The molecule has 2 aromatic carbocycles. The van der Waals surface area contributed by atoms with Crippen LogP contribution in [-0.2, 0) is 16.0 Å². The van der Waals surface area contributed by atoms with E-state index in [1.54, 1.807) is 12.1 Å². The lowest BCUT2D eigenvalue weighted by Gasteiger charge is -2.35. The number of carbonyl (C=O) groups is 4. The molecule has 216 valence electrons. The molecule has 0 spiro atoms. The molecule has 2 aliphatic heterocycles. The standard InChI is InChI=1S/C33H30N6O4/c40-29-12-11-28(31(41)36-29)39-32(42)22-10-7-18(15-23(22)33(39)43)5-6-19-13-21(14-19)38-17-24(30(37-38)20-8-9-20)27-16-34-25-3-1-2-4-26(25)35-27/h1-4,7,10,15-17,19-21,28H,5-6,8-9,11-14H2,(H,36,40,41). The van der Waals surface area contributed by atoms with E-state index in [4.69, 9.17) is 10.1 Å². The number of hydrogen-bond donors (Lipinski definition) is 1. The van der Waals surface area contributed by atoms with Gasteiger partial charge in [0.2, 0.25) is 11.8 Å². The number of amides is 4. The van der Waals surface area contributed by atoms with E-state index in [0.717, 1.165) is 64.1 Å². The van der Waals surface area contributed by atoms with Crippen LogP contribution in [0.5, 0.6) is 0 Å². The summed E-state index contributed by atoms with van der Waals surface area (Å²) in [6.45, 7) is 0. The van der Waals surface area contributed by atoms with Crippen molar-refractivity contribution >= 4 is 34.7 Å². The Hall–Kier alpha value is -4.73. The Morgan fingerprint density at radius 2 is 1.67 bits per heavy atom. The first-order chi connectivity index (χ1) is 20.9. The number of imide groups is 2. The molecule has 1 N–H and O–H groups in total. The fourth-order valence-electron chi connectivity index (χ4n) is 6.73. The summed E-state index contributed by atoms with van der Waals surface area (Å²) >= 11 is 0. The summed E-state index contributed by atoms with van der Waals surface area (Å²) in [5.74, 6) is -0.856. The normalized spacial score (nSPS) is 23.4. The zero-order chi connectivity index (χ0) is 29.2. The molecule has 0 radical (unpaired) electrons. The van der Waals surface area contributed by atoms with Gasteiger partial charge in [-0.05, 0) is 80.7 Å². The van der Waals surface area contributed by atoms with Crippen molar-refractivity contribution in [2.24, 2.45) is 5.92 Å². The maximum atomic E-state index is 13.2. The van der Waals surface area contributed by atoms with E-state index in [1.165, 1.54) is 12.8 Å². The minimum atomic E-state index is -0.947. The Labute approximate surface area is 247 Å². The SMILES string of the molecule is O=C1CCC(N2C(=O)c3ccc(CCC4CC(n5cc(-c6cnc7ccccc7n6)c(C6CC6)n5)C4)cc3C2=O)C(=O)N1. The van der Waals surface area contributed by atoms with Crippen LogP contribution >= 0.6 is 0 Å². The van der Waals surface area contributed by atoms with Crippen molar-refractivity contribution in [3.63, 3.8) is 0 Å². The van der Waals surface area contributed by atoms with Gasteiger partial charge in [0.05, 0.1) is 45.8 Å². The number of aryl methyl sites for hydroxylation is 1. The van der Waals surface area contributed by atoms with Gasteiger partial charge in [-0.2, -0.15) is 5.10 Å². The van der Waals surface area contributed by atoms with Crippen LogP contribution < -0.4 is 5.32 Å². The third-order valence-corrected chi connectivity index (χ3v) is 9.38. The number of aromatic nitrogens is 4. The highest BCUT2D eigenvalue weighted by Crippen LogP contribution is 2.46. The van der Waals surface area contributed by atoms with Crippen molar-refractivity contribution < 1.29 is 19.2 Å². The van der Waals surface area contributed by atoms with E-state index >= 15 is 0 Å². The lowest BCUT2D eigenvalue weighted by atomic mass is 9.77. The van der Waals surface area contributed by atoms with Gasteiger partial charge in [-0.1, -0.05) is 18.2 Å². The fraction of sp³-hybridized carbons (Fsp3) is 0.364. The molecule has 4 amide bonds. The third kappa shape index (κ3) is 4.52. The number of para-hydroxylation sites is 2. The maximum absolute atomic E-state index is 13.2. The molecule has 1 atom stereocenters. The van der Waals surface area contributed by atoms with Gasteiger partial charge in [0, 0.05) is 24.1 Å². The van der Waals surface area contributed by atoms with Crippen LogP contribution in [0, 0.1) is 5.92 Å². The zero-order valence-electron chi connectivity index (χ0n) is 23.5. The van der Waals surface area contributed by atoms with Gasteiger partial charge < -0.3 is 0 Å². The number of hydrogen-bond acceptors (Lipinski definition) is 7. The van der Waals surface area contributed by atoms with Crippen LogP contribution in [0.2, 0.25) is 0 Å². The second-order valence-electron chi connectivity index (χ2n) is 12.3. The zero-order valence-corrected chi connectivity index (χ0v) is 23.5. The second-order valence-corrected chi connectivity index (χ2v) is 12.3. The van der Waals surface area contributed by atoms with E-state index in [0.29, 0.717) is 29.0 Å². The van der Waals surface area contributed by atoms with E-state index < -0.39 is 23.8 Å². The van der Waals surface area contributed by atoms with Crippen molar-refractivity contribution in [3.05, 3.63) is 77.2 Å². The quantitative estimate of drug-likeness (QED) is 0.325. The predicted molar refractivity (Wildman–Crippen MR) is 156 cm³/mol. The molecule has 4 heterocycles. The summed E-state index contributed by atoms with van der Waals surface area (Å²) in [4.78, 5) is 60.5. The molecule has 10 heteroatoms. The molecule has 2 aromatic heterocycles. The molecule has 2 saturated carbocycles. The van der Waals surface area contributed by atoms with E-state index in [1.807, 2.05) is 36.5 Å². The van der Waals surface area contributed by atoms with E-state index in [9.17, 15) is 19.2 Å². The van der Waals surface area contributed by atoms with Crippen LogP contribution in [0.3, 0.4) is 0 Å². The Morgan fingerprint density at radius 3 is 2.47 bits per heavy atom. The number of nitrogens with zero attached hydrogens (tertiary/aromatic N) is 5. The van der Waals surface area contributed by atoms with Gasteiger partial charge in [-0.25, -0.2) is 4.98 Å². The molecule has 1 saturated heterocycles. The largest absolute Gasteiger partial charge is 0.295 e. The average molecular weight is 575 g/mol. The van der Waals surface area contributed by atoms with Crippen molar-refractivity contribution in [3.8, 4) is 11.3 Å². The molecular formula is C33H30N6O4. The Morgan fingerprint density at radius 1 is 0.884 bits per heavy atom. The molecule has 8 rings (SSSR count). The number of piperidine rings is 1. The van der Waals surface area contributed by atoms with Gasteiger partial charge in [0.15, 0.2) is 0 Å².